The number of likely N-dealkylation sites (tertiary alicyclic amines) is 1. The largest absolute Gasteiger partial charge is 0.379 e. The van der Waals surface area contributed by atoms with Crippen LogP contribution in [0.25, 0.3) is 0 Å². The Morgan fingerprint density at radius 2 is 2.09 bits per heavy atom. The second-order valence-corrected chi connectivity index (χ2v) is 6.86. The molecule has 3 rings (SSSR count). The average molecular weight is 342 g/mol. The van der Waals surface area contributed by atoms with Gasteiger partial charge in [-0.25, -0.2) is 0 Å². The third-order valence-electron chi connectivity index (χ3n) is 4.97. The lowest BCUT2D eigenvalue weighted by Crippen LogP contribution is -2.47. The van der Waals surface area contributed by atoms with Crippen LogP contribution in [0.1, 0.15) is 24.6 Å². The van der Waals surface area contributed by atoms with Crippen molar-refractivity contribution in [3.05, 3.63) is 16.5 Å². The number of ether oxygens (including phenoxy) is 1. The summed E-state index contributed by atoms with van der Waals surface area (Å²) in [6.45, 7) is 9.24. The highest BCUT2D eigenvalue weighted by Gasteiger charge is 2.36. The lowest BCUT2D eigenvalue weighted by molar-refractivity contribution is -0.130. The van der Waals surface area contributed by atoms with Crippen molar-refractivity contribution in [3.63, 3.8) is 0 Å². The topological polar surface area (TPSA) is 58.8 Å². The summed E-state index contributed by atoms with van der Waals surface area (Å²) in [6.07, 6.45) is 1.03. The Hall–Kier alpha value is -1.11. The molecule has 0 bridgehead atoms. The van der Waals surface area contributed by atoms with Crippen LogP contribution in [0, 0.1) is 12.8 Å². The van der Waals surface area contributed by atoms with E-state index in [1.54, 1.807) is 0 Å². The molecule has 2 atom stereocenters. The molecule has 0 unspecified atom stereocenters. The predicted octanol–water partition coefficient (Wildman–Crippen LogP) is 1.75. The lowest BCUT2D eigenvalue weighted by Gasteiger charge is -2.34. The molecule has 7 heteroatoms. The highest BCUT2D eigenvalue weighted by atomic mass is 35.5. The number of morpholine rings is 1. The van der Waals surface area contributed by atoms with E-state index in [2.05, 4.69) is 17.0 Å². The third kappa shape index (κ3) is 3.70. The van der Waals surface area contributed by atoms with E-state index in [1.165, 1.54) is 0 Å². The summed E-state index contributed by atoms with van der Waals surface area (Å²) in [4.78, 5) is 17.0. The van der Waals surface area contributed by atoms with Crippen LogP contribution in [0.3, 0.4) is 0 Å². The standard InChI is InChI=1S/C16H24ClN3O3/c1-11-9-20(10-14(11)19-5-7-22-8-6-19)15(21)4-3-13-12(2)18-23-16(13)17/h11,14H,3-10H2,1-2H3/t11-,14+/m1/s1. The molecule has 128 valence electrons. The van der Waals surface area contributed by atoms with E-state index >= 15 is 0 Å². The normalized spacial score (nSPS) is 26.0. The number of hydrogen-bond donors (Lipinski definition) is 0. The van der Waals surface area contributed by atoms with Gasteiger partial charge in [0.25, 0.3) is 0 Å². The van der Waals surface area contributed by atoms with E-state index in [4.69, 9.17) is 20.9 Å². The molecule has 23 heavy (non-hydrogen) atoms. The van der Waals surface area contributed by atoms with Gasteiger partial charge < -0.3 is 14.2 Å². The van der Waals surface area contributed by atoms with Gasteiger partial charge in [0.15, 0.2) is 0 Å². The van der Waals surface area contributed by atoms with Crippen molar-refractivity contribution in [2.24, 2.45) is 5.92 Å². The zero-order chi connectivity index (χ0) is 16.4. The Bertz CT molecular complexity index is 537. The van der Waals surface area contributed by atoms with E-state index in [0.29, 0.717) is 30.0 Å². The molecular formula is C16H24ClN3O3. The molecule has 1 aromatic heterocycles. The number of rotatable bonds is 4. The number of hydrogen-bond acceptors (Lipinski definition) is 5. The first-order valence-corrected chi connectivity index (χ1v) is 8.64. The minimum Gasteiger partial charge on any atom is -0.379 e. The monoisotopic (exact) mass is 341 g/mol. The number of carbonyl (C=O) groups excluding carboxylic acids is 1. The summed E-state index contributed by atoms with van der Waals surface area (Å²) in [6, 6.07) is 0.448. The fraction of sp³-hybridized carbons (Fsp3) is 0.750. The summed E-state index contributed by atoms with van der Waals surface area (Å²) >= 11 is 5.96. The second-order valence-electron chi connectivity index (χ2n) is 6.51. The van der Waals surface area contributed by atoms with Gasteiger partial charge in [-0.2, -0.15) is 0 Å². The average Bonchev–Trinajstić information content (AvgIpc) is 3.09. The first-order chi connectivity index (χ1) is 11.1. The third-order valence-corrected chi connectivity index (χ3v) is 5.26. The summed E-state index contributed by atoms with van der Waals surface area (Å²) in [5.74, 6) is 0.683. The Balaban J connectivity index is 1.54. The van der Waals surface area contributed by atoms with E-state index in [9.17, 15) is 4.79 Å². The van der Waals surface area contributed by atoms with Gasteiger partial charge in [0.05, 0.1) is 18.9 Å². The molecule has 0 radical (unpaired) electrons. The minimum absolute atomic E-state index is 0.185. The number of aromatic nitrogens is 1. The number of halogens is 1. The van der Waals surface area contributed by atoms with Crippen LogP contribution in [0.4, 0.5) is 0 Å². The first kappa shape index (κ1) is 16.7. The van der Waals surface area contributed by atoms with E-state index < -0.39 is 0 Å². The van der Waals surface area contributed by atoms with Gasteiger partial charge in [-0.3, -0.25) is 9.69 Å². The molecule has 2 aliphatic heterocycles. The Kier molecular flexibility index (Phi) is 5.24. The molecule has 2 aliphatic rings. The Morgan fingerprint density at radius 1 is 1.35 bits per heavy atom. The van der Waals surface area contributed by atoms with Crippen molar-refractivity contribution in [3.8, 4) is 0 Å². The number of amides is 1. The lowest BCUT2D eigenvalue weighted by atomic mass is 10.0. The molecule has 0 aliphatic carbocycles. The van der Waals surface area contributed by atoms with E-state index in [-0.39, 0.29) is 5.91 Å². The molecular weight excluding hydrogens is 318 g/mol. The first-order valence-electron chi connectivity index (χ1n) is 8.26. The number of aryl methyl sites for hydroxylation is 1. The maximum absolute atomic E-state index is 12.5. The van der Waals surface area contributed by atoms with Crippen molar-refractivity contribution in [1.29, 1.82) is 0 Å². The van der Waals surface area contributed by atoms with Gasteiger partial charge in [0, 0.05) is 44.2 Å². The predicted molar refractivity (Wildman–Crippen MR) is 86.5 cm³/mol. The van der Waals surface area contributed by atoms with Gasteiger partial charge in [0.2, 0.25) is 11.1 Å². The van der Waals surface area contributed by atoms with E-state index in [0.717, 1.165) is 50.7 Å². The molecule has 0 saturated carbocycles. The van der Waals surface area contributed by atoms with Crippen molar-refractivity contribution in [2.45, 2.75) is 32.7 Å². The molecule has 0 aromatic carbocycles. The van der Waals surface area contributed by atoms with Crippen LogP contribution < -0.4 is 0 Å². The summed E-state index contributed by atoms with van der Waals surface area (Å²) in [5.41, 5.74) is 1.61. The SMILES string of the molecule is Cc1noc(Cl)c1CCC(=O)N1C[C@@H](C)[C@@H](N2CCOCC2)C1. The van der Waals surface area contributed by atoms with E-state index in [1.807, 2.05) is 11.8 Å². The van der Waals surface area contributed by atoms with Gasteiger partial charge >= 0.3 is 0 Å². The fourth-order valence-corrected chi connectivity index (χ4v) is 3.83. The highest BCUT2D eigenvalue weighted by Crippen LogP contribution is 2.25. The Morgan fingerprint density at radius 3 is 2.74 bits per heavy atom. The molecule has 6 nitrogen and oxygen atoms in total. The fourth-order valence-electron chi connectivity index (χ4n) is 3.57. The molecule has 2 fully saturated rings. The van der Waals surface area contributed by atoms with Crippen LogP contribution in [0.2, 0.25) is 5.22 Å². The highest BCUT2D eigenvalue weighted by molar-refractivity contribution is 6.29. The maximum Gasteiger partial charge on any atom is 0.229 e. The van der Waals surface area contributed by atoms with Crippen molar-refractivity contribution < 1.29 is 14.1 Å². The van der Waals surface area contributed by atoms with Gasteiger partial charge in [0.1, 0.15) is 0 Å². The van der Waals surface area contributed by atoms with Crippen molar-refractivity contribution >= 4 is 17.5 Å². The molecule has 3 heterocycles. The van der Waals surface area contributed by atoms with Crippen LogP contribution >= 0.6 is 11.6 Å². The van der Waals surface area contributed by atoms with Crippen LogP contribution in [0.15, 0.2) is 4.52 Å². The summed E-state index contributed by atoms with van der Waals surface area (Å²) < 4.78 is 10.4. The molecule has 0 spiro atoms. The quantitative estimate of drug-likeness (QED) is 0.835. The maximum atomic E-state index is 12.5. The molecule has 1 amide bonds. The van der Waals surface area contributed by atoms with Gasteiger partial charge in [-0.15, -0.1) is 0 Å². The smallest absolute Gasteiger partial charge is 0.229 e. The van der Waals surface area contributed by atoms with Gasteiger partial charge in [-0.05, 0) is 30.9 Å². The Labute approximate surface area is 141 Å². The minimum atomic E-state index is 0.185. The molecule has 1 aromatic rings. The molecule has 2 saturated heterocycles. The van der Waals surface area contributed by atoms with Crippen LogP contribution in [-0.4, -0.2) is 66.3 Å². The second kappa shape index (κ2) is 7.20. The zero-order valence-electron chi connectivity index (χ0n) is 13.8. The number of nitrogens with zero attached hydrogens (tertiary/aromatic N) is 3. The summed E-state index contributed by atoms with van der Waals surface area (Å²) in [7, 11) is 0. The molecule has 0 N–H and O–H groups in total. The van der Waals surface area contributed by atoms with Crippen molar-refractivity contribution in [2.75, 3.05) is 39.4 Å². The van der Waals surface area contributed by atoms with Gasteiger partial charge in [-0.1, -0.05) is 12.1 Å². The number of carbonyl (C=O) groups is 1. The van der Waals surface area contributed by atoms with Crippen LogP contribution in [0.5, 0.6) is 0 Å². The van der Waals surface area contributed by atoms with Crippen LogP contribution in [-0.2, 0) is 16.0 Å². The van der Waals surface area contributed by atoms with Crippen molar-refractivity contribution in [1.82, 2.24) is 15.0 Å². The zero-order valence-corrected chi connectivity index (χ0v) is 14.5. The summed E-state index contributed by atoms with van der Waals surface area (Å²) in [5, 5.41) is 4.13.